The standard InChI is InChI=1S/C25H29F6N3O/c1-17-5-7-18(8-6-17)19(9-12-34-10-3-2-4-11-34)16-32-23(35)33-22-14-20(24(26,27)28)13-21(15-22)25(29,30)31/h5-8,13-15,19H,2-4,9-12,16H2,1H3,(H2,32,33,35). The molecule has 1 fully saturated rings. The van der Waals surface area contributed by atoms with Crippen LogP contribution < -0.4 is 10.6 Å². The average Bonchev–Trinajstić information content (AvgIpc) is 2.79. The molecule has 1 aliphatic heterocycles. The van der Waals surface area contributed by atoms with Crippen molar-refractivity contribution in [2.75, 3.05) is 31.5 Å². The maximum atomic E-state index is 13.1. The molecule has 1 unspecified atom stereocenters. The van der Waals surface area contributed by atoms with Gasteiger partial charge in [-0.15, -0.1) is 0 Å². The van der Waals surface area contributed by atoms with Gasteiger partial charge < -0.3 is 15.5 Å². The zero-order chi connectivity index (χ0) is 25.6. The summed E-state index contributed by atoms with van der Waals surface area (Å²) in [7, 11) is 0. The molecule has 4 nitrogen and oxygen atoms in total. The van der Waals surface area contributed by atoms with Crippen LogP contribution in [0.4, 0.5) is 36.8 Å². The summed E-state index contributed by atoms with van der Waals surface area (Å²) >= 11 is 0. The molecular weight excluding hydrogens is 472 g/mol. The highest BCUT2D eigenvalue weighted by Gasteiger charge is 2.37. The van der Waals surface area contributed by atoms with Crippen molar-refractivity contribution in [2.45, 2.75) is 50.9 Å². The van der Waals surface area contributed by atoms with E-state index in [0.717, 1.165) is 50.0 Å². The number of rotatable bonds is 7. The van der Waals surface area contributed by atoms with Gasteiger partial charge in [0, 0.05) is 18.2 Å². The van der Waals surface area contributed by atoms with Gasteiger partial charge >= 0.3 is 18.4 Å². The number of alkyl halides is 6. The van der Waals surface area contributed by atoms with Crippen LogP contribution in [0.25, 0.3) is 0 Å². The topological polar surface area (TPSA) is 44.4 Å². The third-order valence-electron chi connectivity index (χ3n) is 6.15. The first-order valence-electron chi connectivity index (χ1n) is 11.5. The van der Waals surface area contributed by atoms with Crippen molar-refractivity contribution in [1.29, 1.82) is 0 Å². The Kier molecular flexibility index (Phi) is 8.69. The lowest BCUT2D eigenvalue weighted by Gasteiger charge is -2.28. The minimum atomic E-state index is -4.99. The van der Waals surface area contributed by atoms with Crippen molar-refractivity contribution >= 4 is 11.7 Å². The minimum absolute atomic E-state index is 0.0249. The lowest BCUT2D eigenvalue weighted by molar-refractivity contribution is -0.143. The van der Waals surface area contributed by atoms with E-state index in [9.17, 15) is 31.1 Å². The Hall–Kier alpha value is -2.75. The van der Waals surface area contributed by atoms with Gasteiger partial charge in [0.1, 0.15) is 0 Å². The van der Waals surface area contributed by atoms with E-state index in [-0.39, 0.29) is 18.5 Å². The fourth-order valence-electron chi connectivity index (χ4n) is 4.16. The van der Waals surface area contributed by atoms with Crippen LogP contribution in [0.3, 0.4) is 0 Å². The summed E-state index contributed by atoms with van der Waals surface area (Å²) in [6, 6.07) is 8.00. The molecule has 1 heterocycles. The van der Waals surface area contributed by atoms with E-state index in [0.29, 0.717) is 12.1 Å². The van der Waals surface area contributed by atoms with Crippen molar-refractivity contribution in [2.24, 2.45) is 0 Å². The Morgan fingerprint density at radius 2 is 1.49 bits per heavy atom. The number of carbonyl (C=O) groups is 1. The van der Waals surface area contributed by atoms with Gasteiger partial charge in [-0.1, -0.05) is 36.2 Å². The SMILES string of the molecule is Cc1ccc(C(CCN2CCCCC2)CNC(=O)Nc2cc(C(F)(F)F)cc(C(F)(F)F)c2)cc1. The number of nitrogens with one attached hydrogen (secondary N) is 2. The lowest BCUT2D eigenvalue weighted by atomic mass is 9.94. The Balaban J connectivity index is 1.69. The van der Waals surface area contributed by atoms with Gasteiger partial charge in [0.25, 0.3) is 0 Å². The number of halogens is 6. The fourth-order valence-corrected chi connectivity index (χ4v) is 4.16. The molecule has 0 radical (unpaired) electrons. The van der Waals surface area contributed by atoms with Crippen LogP contribution in [0.2, 0.25) is 0 Å². The maximum Gasteiger partial charge on any atom is 0.416 e. The molecule has 1 saturated heterocycles. The Bertz CT molecular complexity index is 950. The molecule has 2 aromatic carbocycles. The molecule has 0 spiro atoms. The van der Waals surface area contributed by atoms with Crippen molar-refractivity contribution in [1.82, 2.24) is 10.2 Å². The molecule has 10 heteroatoms. The minimum Gasteiger partial charge on any atom is -0.337 e. The summed E-state index contributed by atoms with van der Waals surface area (Å²) in [5.74, 6) is -0.0597. The summed E-state index contributed by atoms with van der Waals surface area (Å²) < 4.78 is 78.5. The number of hydrogen-bond acceptors (Lipinski definition) is 2. The van der Waals surface area contributed by atoms with E-state index in [1.807, 2.05) is 31.2 Å². The van der Waals surface area contributed by atoms with Gasteiger partial charge in [-0.2, -0.15) is 26.3 Å². The Morgan fingerprint density at radius 1 is 0.914 bits per heavy atom. The molecule has 192 valence electrons. The number of benzene rings is 2. The summed E-state index contributed by atoms with van der Waals surface area (Å²) in [6.45, 7) is 5.03. The normalized spacial score (nSPS) is 16.1. The number of anilines is 1. The van der Waals surface area contributed by atoms with Crippen LogP contribution in [0, 0.1) is 6.92 Å². The van der Waals surface area contributed by atoms with Crippen LogP contribution in [-0.4, -0.2) is 37.1 Å². The van der Waals surface area contributed by atoms with Gasteiger partial charge in [0.15, 0.2) is 0 Å². The summed E-state index contributed by atoms with van der Waals surface area (Å²) in [5.41, 5.74) is -1.46. The molecule has 2 aromatic rings. The van der Waals surface area contributed by atoms with E-state index in [1.165, 1.54) is 6.42 Å². The molecule has 2 amide bonds. The molecule has 1 atom stereocenters. The Morgan fingerprint density at radius 3 is 2.03 bits per heavy atom. The third-order valence-corrected chi connectivity index (χ3v) is 6.15. The number of urea groups is 1. The van der Waals surface area contributed by atoms with Gasteiger partial charge in [-0.3, -0.25) is 0 Å². The van der Waals surface area contributed by atoms with Crippen LogP contribution in [0.1, 0.15) is 53.9 Å². The zero-order valence-electron chi connectivity index (χ0n) is 19.4. The Labute approximate surface area is 200 Å². The number of likely N-dealkylation sites (tertiary alicyclic amines) is 1. The quantitative estimate of drug-likeness (QED) is 0.409. The number of aryl methyl sites for hydroxylation is 1. The van der Waals surface area contributed by atoms with Gasteiger partial charge in [0.05, 0.1) is 11.1 Å². The van der Waals surface area contributed by atoms with Crippen LogP contribution in [0.15, 0.2) is 42.5 Å². The molecule has 1 aliphatic rings. The molecule has 0 aliphatic carbocycles. The predicted octanol–water partition coefficient (Wildman–Crippen LogP) is 6.81. The maximum absolute atomic E-state index is 13.1. The van der Waals surface area contributed by atoms with Gasteiger partial charge in [-0.25, -0.2) is 4.79 Å². The molecule has 35 heavy (non-hydrogen) atoms. The molecule has 0 saturated carbocycles. The first kappa shape index (κ1) is 26.8. The second-order valence-electron chi connectivity index (χ2n) is 8.93. The van der Waals surface area contributed by atoms with E-state index in [1.54, 1.807) is 0 Å². The first-order chi connectivity index (χ1) is 16.4. The third kappa shape index (κ3) is 8.16. The predicted molar refractivity (Wildman–Crippen MR) is 122 cm³/mol. The lowest BCUT2D eigenvalue weighted by Crippen LogP contribution is -2.35. The number of nitrogens with zero attached hydrogens (tertiary/aromatic N) is 1. The van der Waals surface area contributed by atoms with Crippen LogP contribution in [-0.2, 0) is 12.4 Å². The van der Waals surface area contributed by atoms with Crippen LogP contribution >= 0.6 is 0 Å². The molecule has 3 rings (SSSR count). The highest BCUT2D eigenvalue weighted by Crippen LogP contribution is 2.37. The summed E-state index contributed by atoms with van der Waals surface area (Å²) in [6.07, 6.45) is -5.71. The average molecular weight is 502 g/mol. The van der Waals surface area contributed by atoms with Crippen molar-refractivity contribution in [3.8, 4) is 0 Å². The highest BCUT2D eigenvalue weighted by molar-refractivity contribution is 5.89. The van der Waals surface area contributed by atoms with E-state index in [4.69, 9.17) is 0 Å². The summed E-state index contributed by atoms with van der Waals surface area (Å²) in [5, 5.41) is 4.75. The number of piperidine rings is 1. The van der Waals surface area contributed by atoms with Gasteiger partial charge in [0.2, 0.25) is 0 Å². The van der Waals surface area contributed by atoms with Crippen molar-refractivity contribution in [3.63, 3.8) is 0 Å². The second kappa shape index (κ2) is 11.3. The second-order valence-corrected chi connectivity index (χ2v) is 8.93. The monoisotopic (exact) mass is 501 g/mol. The first-order valence-corrected chi connectivity index (χ1v) is 11.5. The van der Waals surface area contributed by atoms with Gasteiger partial charge in [-0.05, 0) is 69.6 Å². The molecular formula is C25H29F6N3O. The van der Waals surface area contributed by atoms with Crippen molar-refractivity contribution in [3.05, 3.63) is 64.7 Å². The smallest absolute Gasteiger partial charge is 0.337 e. The molecule has 0 aromatic heterocycles. The van der Waals surface area contributed by atoms with E-state index >= 15 is 0 Å². The number of amides is 2. The number of hydrogen-bond donors (Lipinski definition) is 2. The molecule has 2 N–H and O–H groups in total. The molecule has 0 bridgehead atoms. The van der Waals surface area contributed by atoms with E-state index < -0.39 is 35.2 Å². The fraction of sp³-hybridized carbons (Fsp3) is 0.480. The van der Waals surface area contributed by atoms with E-state index in [2.05, 4.69) is 15.5 Å². The largest absolute Gasteiger partial charge is 0.416 e. The van der Waals surface area contributed by atoms with Crippen LogP contribution in [0.5, 0.6) is 0 Å². The number of carbonyl (C=O) groups excluding carboxylic acids is 1. The summed E-state index contributed by atoms with van der Waals surface area (Å²) in [4.78, 5) is 14.8. The highest BCUT2D eigenvalue weighted by atomic mass is 19.4. The zero-order valence-corrected chi connectivity index (χ0v) is 19.4. The van der Waals surface area contributed by atoms with Crippen molar-refractivity contribution < 1.29 is 31.1 Å².